The average molecular weight is 263 g/mol. The van der Waals surface area contributed by atoms with Crippen molar-refractivity contribution < 1.29 is 13.8 Å². The number of carbonyl (C=O) groups excluding carboxylic acids is 1. The van der Waals surface area contributed by atoms with Crippen molar-refractivity contribution in [2.75, 3.05) is 7.11 Å². The Bertz CT molecular complexity index is 552. The molecule has 0 N–H and O–H groups in total. The van der Waals surface area contributed by atoms with Gasteiger partial charge in [-0.05, 0) is 23.3 Å². The summed E-state index contributed by atoms with van der Waals surface area (Å²) in [6.07, 6.45) is 0. The molecule has 0 aliphatic carbocycles. The molecule has 0 aliphatic heterocycles. The van der Waals surface area contributed by atoms with Crippen molar-refractivity contribution in [3.05, 3.63) is 54.1 Å². The third kappa shape index (κ3) is 2.46. The number of hydrogen-bond donors (Lipinski definition) is 0. The standard InChI is InChI=1S/C14H11ClO3/c1-17-13-8-7-11(9-12(13)14(16)18-15)10-5-3-2-4-6-10/h2-9H,1H3. The first kappa shape index (κ1) is 12.5. The summed E-state index contributed by atoms with van der Waals surface area (Å²) >= 11 is 5.11. The second-order valence-corrected chi connectivity index (χ2v) is 3.80. The zero-order valence-corrected chi connectivity index (χ0v) is 10.5. The number of carbonyl (C=O) groups is 1. The third-order valence-electron chi connectivity index (χ3n) is 2.60. The van der Waals surface area contributed by atoms with E-state index in [1.54, 1.807) is 12.1 Å². The van der Waals surface area contributed by atoms with Crippen LogP contribution in [-0.4, -0.2) is 13.1 Å². The molecule has 2 aromatic carbocycles. The number of halogens is 1. The molecular weight excluding hydrogens is 252 g/mol. The van der Waals surface area contributed by atoms with Crippen LogP contribution in [0.5, 0.6) is 5.75 Å². The molecule has 3 nitrogen and oxygen atoms in total. The smallest absolute Gasteiger partial charge is 0.360 e. The van der Waals surface area contributed by atoms with Gasteiger partial charge in [-0.2, -0.15) is 0 Å². The maximum Gasteiger partial charge on any atom is 0.360 e. The largest absolute Gasteiger partial charge is 0.496 e. The van der Waals surface area contributed by atoms with Crippen LogP contribution in [0, 0.1) is 0 Å². The predicted octanol–water partition coefficient (Wildman–Crippen LogP) is 3.67. The van der Waals surface area contributed by atoms with Crippen molar-refractivity contribution >= 4 is 17.8 Å². The summed E-state index contributed by atoms with van der Waals surface area (Å²) in [7, 11) is 1.49. The maximum atomic E-state index is 11.5. The van der Waals surface area contributed by atoms with Crippen LogP contribution in [0.2, 0.25) is 0 Å². The highest BCUT2D eigenvalue weighted by Crippen LogP contribution is 2.27. The Balaban J connectivity index is 2.49. The van der Waals surface area contributed by atoms with Gasteiger partial charge in [0, 0.05) is 0 Å². The van der Waals surface area contributed by atoms with Crippen LogP contribution in [0.15, 0.2) is 48.5 Å². The lowest BCUT2D eigenvalue weighted by atomic mass is 10.0. The van der Waals surface area contributed by atoms with Crippen LogP contribution < -0.4 is 4.74 Å². The van der Waals surface area contributed by atoms with Crippen molar-refractivity contribution in [3.63, 3.8) is 0 Å². The van der Waals surface area contributed by atoms with Gasteiger partial charge in [-0.15, -0.1) is 0 Å². The first-order valence-corrected chi connectivity index (χ1v) is 5.63. The molecule has 0 amide bonds. The minimum Gasteiger partial charge on any atom is -0.496 e. The van der Waals surface area contributed by atoms with Gasteiger partial charge in [-0.1, -0.05) is 36.4 Å². The van der Waals surface area contributed by atoms with Gasteiger partial charge in [0.05, 0.1) is 7.11 Å². The van der Waals surface area contributed by atoms with Crippen LogP contribution >= 0.6 is 11.9 Å². The van der Waals surface area contributed by atoms with Gasteiger partial charge >= 0.3 is 5.97 Å². The third-order valence-corrected chi connectivity index (χ3v) is 2.74. The van der Waals surface area contributed by atoms with E-state index in [9.17, 15) is 4.79 Å². The fourth-order valence-electron chi connectivity index (χ4n) is 1.72. The van der Waals surface area contributed by atoms with Crippen LogP contribution in [0.4, 0.5) is 0 Å². The Labute approximate surface area is 110 Å². The fourth-order valence-corrected chi connectivity index (χ4v) is 1.80. The van der Waals surface area contributed by atoms with E-state index in [1.807, 2.05) is 36.4 Å². The molecule has 0 radical (unpaired) electrons. The van der Waals surface area contributed by atoms with Gasteiger partial charge in [0.25, 0.3) is 0 Å². The van der Waals surface area contributed by atoms with Crippen LogP contribution in [0.1, 0.15) is 10.4 Å². The van der Waals surface area contributed by atoms with E-state index in [2.05, 4.69) is 4.29 Å². The van der Waals surface area contributed by atoms with Crippen molar-refractivity contribution in [1.82, 2.24) is 0 Å². The van der Waals surface area contributed by atoms with E-state index in [0.29, 0.717) is 11.3 Å². The maximum absolute atomic E-state index is 11.5. The monoisotopic (exact) mass is 262 g/mol. The van der Waals surface area contributed by atoms with E-state index in [0.717, 1.165) is 11.1 Å². The van der Waals surface area contributed by atoms with E-state index in [-0.39, 0.29) is 0 Å². The molecule has 4 heteroatoms. The molecule has 0 fully saturated rings. The summed E-state index contributed by atoms with van der Waals surface area (Å²) in [4.78, 5) is 11.5. The van der Waals surface area contributed by atoms with Crippen LogP contribution in [-0.2, 0) is 4.29 Å². The summed E-state index contributed by atoms with van der Waals surface area (Å²) in [5, 5.41) is 0. The Morgan fingerprint density at radius 1 is 1.06 bits per heavy atom. The minimum absolute atomic E-state index is 0.300. The highest BCUT2D eigenvalue weighted by Gasteiger charge is 2.14. The zero-order chi connectivity index (χ0) is 13.0. The molecule has 0 atom stereocenters. The Hall–Kier alpha value is -2.00. The lowest BCUT2D eigenvalue weighted by Crippen LogP contribution is -2.02. The van der Waals surface area contributed by atoms with Crippen molar-refractivity contribution in [3.8, 4) is 16.9 Å². The number of rotatable bonds is 3. The quantitative estimate of drug-likeness (QED) is 0.847. The molecular formula is C14H11ClO3. The zero-order valence-electron chi connectivity index (χ0n) is 9.72. The lowest BCUT2D eigenvalue weighted by molar-refractivity contribution is 0.0748. The summed E-state index contributed by atoms with van der Waals surface area (Å²) in [6, 6.07) is 15.0. The molecule has 0 saturated carbocycles. The van der Waals surface area contributed by atoms with E-state index >= 15 is 0 Å². The minimum atomic E-state index is -0.633. The van der Waals surface area contributed by atoms with Gasteiger partial charge in [-0.25, -0.2) is 4.79 Å². The van der Waals surface area contributed by atoms with Crippen molar-refractivity contribution in [1.29, 1.82) is 0 Å². The fraction of sp³-hybridized carbons (Fsp3) is 0.0714. The summed E-state index contributed by atoms with van der Waals surface area (Å²) in [6.45, 7) is 0. The van der Waals surface area contributed by atoms with E-state index in [1.165, 1.54) is 7.11 Å². The second kappa shape index (κ2) is 5.56. The highest BCUT2D eigenvalue weighted by molar-refractivity contribution is 6.16. The van der Waals surface area contributed by atoms with Gasteiger partial charge < -0.3 is 9.03 Å². The first-order valence-electron chi connectivity index (χ1n) is 5.32. The van der Waals surface area contributed by atoms with Gasteiger partial charge in [0.2, 0.25) is 0 Å². The number of benzene rings is 2. The number of hydrogen-bond acceptors (Lipinski definition) is 3. The molecule has 0 saturated heterocycles. The molecule has 18 heavy (non-hydrogen) atoms. The molecule has 0 aromatic heterocycles. The average Bonchev–Trinajstić information content (AvgIpc) is 2.46. The summed E-state index contributed by atoms with van der Waals surface area (Å²) in [5.41, 5.74) is 2.20. The first-order chi connectivity index (χ1) is 8.76. The summed E-state index contributed by atoms with van der Waals surface area (Å²) < 4.78 is 9.32. The SMILES string of the molecule is COc1ccc(-c2ccccc2)cc1C(=O)OCl. The number of ether oxygens (including phenoxy) is 1. The molecule has 0 spiro atoms. The molecule has 92 valence electrons. The molecule has 2 aromatic rings. The molecule has 0 bridgehead atoms. The molecule has 0 unspecified atom stereocenters. The van der Waals surface area contributed by atoms with Crippen LogP contribution in [0.25, 0.3) is 11.1 Å². The Morgan fingerprint density at radius 2 is 1.78 bits per heavy atom. The lowest BCUT2D eigenvalue weighted by Gasteiger charge is -2.08. The van der Waals surface area contributed by atoms with Crippen molar-refractivity contribution in [2.45, 2.75) is 0 Å². The van der Waals surface area contributed by atoms with Crippen molar-refractivity contribution in [2.24, 2.45) is 0 Å². The van der Waals surface area contributed by atoms with Gasteiger partial charge in [0.1, 0.15) is 23.2 Å². The Kier molecular flexibility index (Phi) is 3.85. The number of methoxy groups -OCH3 is 1. The summed E-state index contributed by atoms with van der Waals surface area (Å²) in [5.74, 6) is -0.202. The highest BCUT2D eigenvalue weighted by atomic mass is 35.5. The topological polar surface area (TPSA) is 35.5 Å². The van der Waals surface area contributed by atoms with E-state index < -0.39 is 5.97 Å². The van der Waals surface area contributed by atoms with Crippen LogP contribution in [0.3, 0.4) is 0 Å². The van der Waals surface area contributed by atoms with E-state index in [4.69, 9.17) is 16.6 Å². The van der Waals surface area contributed by atoms with Gasteiger partial charge in [0.15, 0.2) is 0 Å². The molecule has 0 aliphatic rings. The second-order valence-electron chi connectivity index (χ2n) is 3.65. The Morgan fingerprint density at radius 3 is 2.39 bits per heavy atom. The normalized spacial score (nSPS) is 9.89. The molecule has 0 heterocycles. The molecule has 2 rings (SSSR count). The predicted molar refractivity (Wildman–Crippen MR) is 69.7 cm³/mol. The van der Waals surface area contributed by atoms with Gasteiger partial charge in [-0.3, -0.25) is 0 Å².